The molecule has 0 spiro atoms. The van der Waals surface area contributed by atoms with E-state index in [0.29, 0.717) is 24.1 Å². The van der Waals surface area contributed by atoms with Crippen molar-refractivity contribution in [2.75, 3.05) is 19.1 Å². The number of ether oxygens (including phenoxy) is 2. The van der Waals surface area contributed by atoms with Crippen molar-refractivity contribution in [1.82, 2.24) is 10.2 Å². The Labute approximate surface area is 159 Å². The first-order valence-electron chi connectivity index (χ1n) is 8.97. The summed E-state index contributed by atoms with van der Waals surface area (Å²) in [5, 5.41) is 14.4. The zero-order chi connectivity index (χ0) is 19.1. The van der Waals surface area contributed by atoms with Gasteiger partial charge in [-0.15, -0.1) is 5.10 Å². The van der Waals surface area contributed by atoms with Gasteiger partial charge in [0.05, 0.1) is 26.1 Å². The normalized spacial score (nSPS) is 11.3. The topological polar surface area (TPSA) is 68.6 Å². The molecule has 0 saturated heterocycles. The van der Waals surface area contributed by atoms with Crippen LogP contribution in [0.4, 0.5) is 5.82 Å². The van der Waals surface area contributed by atoms with Gasteiger partial charge in [-0.3, -0.25) is 5.43 Å². The highest BCUT2D eigenvalue weighted by Gasteiger charge is 2.06. The maximum absolute atomic E-state index is 5.81. The van der Waals surface area contributed by atoms with E-state index in [1.165, 1.54) is 0 Å². The second-order valence-electron chi connectivity index (χ2n) is 6.59. The second kappa shape index (κ2) is 8.98. The molecule has 2 aromatic carbocycles. The number of nitrogens with one attached hydrogen (secondary N) is 1. The maximum atomic E-state index is 5.81. The van der Waals surface area contributed by atoms with Gasteiger partial charge >= 0.3 is 0 Å². The van der Waals surface area contributed by atoms with Crippen LogP contribution in [-0.2, 0) is 0 Å². The van der Waals surface area contributed by atoms with Crippen molar-refractivity contribution < 1.29 is 9.47 Å². The van der Waals surface area contributed by atoms with Gasteiger partial charge in [0.1, 0.15) is 0 Å². The van der Waals surface area contributed by atoms with Crippen molar-refractivity contribution in [3.63, 3.8) is 0 Å². The van der Waals surface area contributed by atoms with Crippen LogP contribution in [0.15, 0.2) is 53.8 Å². The fourth-order valence-electron chi connectivity index (χ4n) is 2.57. The van der Waals surface area contributed by atoms with Crippen LogP contribution in [0.2, 0.25) is 0 Å². The molecule has 140 valence electrons. The summed E-state index contributed by atoms with van der Waals surface area (Å²) < 4.78 is 11.2. The Hall–Kier alpha value is -3.15. The summed E-state index contributed by atoms with van der Waals surface area (Å²) in [5.41, 5.74) is 3.85. The molecule has 1 N–H and O–H groups in total. The molecule has 0 amide bonds. The Morgan fingerprint density at radius 3 is 2.81 bits per heavy atom. The number of methoxy groups -OCH3 is 1. The molecule has 6 nitrogen and oxygen atoms in total. The van der Waals surface area contributed by atoms with E-state index in [1.807, 2.05) is 42.5 Å². The van der Waals surface area contributed by atoms with E-state index in [9.17, 15) is 0 Å². The Morgan fingerprint density at radius 1 is 1.15 bits per heavy atom. The summed E-state index contributed by atoms with van der Waals surface area (Å²) in [5.74, 6) is 2.64. The van der Waals surface area contributed by atoms with Gasteiger partial charge in [-0.05, 0) is 36.1 Å². The predicted octanol–water partition coefficient (Wildman–Crippen LogP) is 4.51. The van der Waals surface area contributed by atoms with Crippen molar-refractivity contribution in [3.05, 3.63) is 54.2 Å². The Kier molecular flexibility index (Phi) is 6.20. The van der Waals surface area contributed by atoms with Gasteiger partial charge < -0.3 is 9.47 Å². The quantitative estimate of drug-likeness (QED) is 0.470. The Balaban J connectivity index is 1.69. The van der Waals surface area contributed by atoms with Crippen molar-refractivity contribution in [3.8, 4) is 11.5 Å². The Bertz CT molecular complexity index is 920. The molecule has 0 aliphatic carbocycles. The van der Waals surface area contributed by atoms with E-state index in [4.69, 9.17) is 9.47 Å². The molecule has 0 unspecified atom stereocenters. The van der Waals surface area contributed by atoms with Crippen molar-refractivity contribution in [1.29, 1.82) is 0 Å². The molecule has 3 aromatic rings. The van der Waals surface area contributed by atoms with Crippen molar-refractivity contribution in [2.24, 2.45) is 11.0 Å². The minimum absolute atomic E-state index is 0.602. The molecule has 0 atom stereocenters. The van der Waals surface area contributed by atoms with E-state index in [1.54, 1.807) is 19.5 Å². The number of aromatic nitrogens is 2. The minimum Gasteiger partial charge on any atom is -0.493 e. The molecule has 27 heavy (non-hydrogen) atoms. The smallest absolute Gasteiger partial charge is 0.176 e. The highest BCUT2D eigenvalue weighted by Crippen LogP contribution is 2.28. The van der Waals surface area contributed by atoms with Gasteiger partial charge in [0.25, 0.3) is 0 Å². The fraction of sp³-hybridized carbons (Fsp3) is 0.286. The molecule has 1 heterocycles. The summed E-state index contributed by atoms with van der Waals surface area (Å²) in [6, 6.07) is 13.6. The summed E-state index contributed by atoms with van der Waals surface area (Å²) >= 11 is 0. The third-order valence-corrected chi connectivity index (χ3v) is 4.09. The lowest BCUT2D eigenvalue weighted by atomic mass is 10.1. The first kappa shape index (κ1) is 18.6. The second-order valence-corrected chi connectivity index (χ2v) is 6.59. The molecule has 0 bridgehead atoms. The molecule has 0 saturated carbocycles. The monoisotopic (exact) mass is 364 g/mol. The van der Waals surface area contributed by atoms with Crippen LogP contribution in [0.1, 0.15) is 25.8 Å². The lowest BCUT2D eigenvalue weighted by molar-refractivity contribution is 0.273. The summed E-state index contributed by atoms with van der Waals surface area (Å²) in [4.78, 5) is 0. The molecule has 1 aromatic heterocycles. The molecule has 0 radical (unpaired) electrons. The lowest BCUT2D eigenvalue weighted by Crippen LogP contribution is -2.03. The minimum atomic E-state index is 0.602. The van der Waals surface area contributed by atoms with Crippen LogP contribution < -0.4 is 14.9 Å². The highest BCUT2D eigenvalue weighted by atomic mass is 16.5. The number of hydrogen-bond acceptors (Lipinski definition) is 6. The van der Waals surface area contributed by atoms with Gasteiger partial charge in [0, 0.05) is 10.8 Å². The van der Waals surface area contributed by atoms with Crippen molar-refractivity contribution in [2.45, 2.75) is 20.3 Å². The zero-order valence-electron chi connectivity index (χ0n) is 15.8. The number of fused-ring (bicyclic) bond motifs is 1. The van der Waals surface area contributed by atoms with Gasteiger partial charge in [-0.2, -0.15) is 10.2 Å². The predicted molar refractivity (Wildman–Crippen MR) is 109 cm³/mol. The molecule has 6 heteroatoms. The fourth-order valence-corrected chi connectivity index (χ4v) is 2.57. The maximum Gasteiger partial charge on any atom is 0.176 e. The SMILES string of the molecule is COc1cc(C=NNc2nncc3ccccc23)ccc1OCCC(C)C. The first-order chi connectivity index (χ1) is 13.2. The van der Waals surface area contributed by atoms with E-state index >= 15 is 0 Å². The van der Waals surface area contributed by atoms with Gasteiger partial charge in [-0.1, -0.05) is 38.1 Å². The molecule has 0 aliphatic rings. The zero-order valence-corrected chi connectivity index (χ0v) is 15.8. The number of anilines is 1. The number of rotatable bonds is 8. The largest absolute Gasteiger partial charge is 0.493 e. The molecule has 0 fully saturated rings. The summed E-state index contributed by atoms with van der Waals surface area (Å²) in [6.45, 7) is 5.02. The van der Waals surface area contributed by atoms with Crippen molar-refractivity contribution >= 4 is 22.8 Å². The average Bonchev–Trinajstić information content (AvgIpc) is 2.68. The number of nitrogens with zero attached hydrogens (tertiary/aromatic N) is 3. The van der Waals surface area contributed by atoms with Crippen LogP contribution in [0.3, 0.4) is 0 Å². The van der Waals surface area contributed by atoms with Gasteiger partial charge in [0.15, 0.2) is 17.3 Å². The van der Waals surface area contributed by atoms with Crippen LogP contribution >= 0.6 is 0 Å². The third-order valence-electron chi connectivity index (χ3n) is 4.09. The van der Waals surface area contributed by atoms with Crippen LogP contribution in [0.5, 0.6) is 11.5 Å². The van der Waals surface area contributed by atoms with Crippen LogP contribution in [0, 0.1) is 5.92 Å². The first-order valence-corrected chi connectivity index (χ1v) is 8.97. The molecular weight excluding hydrogens is 340 g/mol. The molecule has 0 aliphatic heterocycles. The third kappa shape index (κ3) is 4.94. The highest BCUT2D eigenvalue weighted by molar-refractivity contribution is 5.91. The number of hydrogen-bond donors (Lipinski definition) is 1. The van der Waals surface area contributed by atoms with Crippen LogP contribution in [0.25, 0.3) is 10.8 Å². The Morgan fingerprint density at radius 2 is 2.00 bits per heavy atom. The number of benzene rings is 2. The summed E-state index contributed by atoms with van der Waals surface area (Å²) in [6.07, 6.45) is 4.44. The van der Waals surface area contributed by atoms with Crippen LogP contribution in [-0.4, -0.2) is 30.1 Å². The van der Waals surface area contributed by atoms with E-state index in [2.05, 4.69) is 34.6 Å². The molecule has 3 rings (SSSR count). The molecular formula is C21H24N4O2. The van der Waals surface area contributed by atoms with E-state index in [0.717, 1.165) is 28.5 Å². The standard InChI is InChI=1S/C21H24N4O2/c1-15(2)10-11-27-19-9-8-16(12-20(19)26-3)13-22-24-21-18-7-5-4-6-17(18)14-23-25-21/h4-9,12-15H,10-11H2,1-3H3,(H,24,25). The lowest BCUT2D eigenvalue weighted by Gasteiger charge is -2.12. The van der Waals surface area contributed by atoms with E-state index in [-0.39, 0.29) is 0 Å². The number of hydrazone groups is 1. The van der Waals surface area contributed by atoms with Gasteiger partial charge in [0.2, 0.25) is 0 Å². The summed E-state index contributed by atoms with van der Waals surface area (Å²) in [7, 11) is 1.63. The van der Waals surface area contributed by atoms with E-state index < -0.39 is 0 Å². The van der Waals surface area contributed by atoms with Gasteiger partial charge in [-0.25, -0.2) is 0 Å². The average molecular weight is 364 g/mol.